The highest BCUT2D eigenvalue weighted by atomic mass is 16.3. The molecule has 13 heavy (non-hydrogen) atoms. The van der Waals surface area contributed by atoms with Gasteiger partial charge in [-0.05, 0) is 25.5 Å². The Morgan fingerprint density at radius 3 is 2.85 bits per heavy atom. The molecule has 0 aromatic carbocycles. The third kappa shape index (κ3) is 1.34. The Morgan fingerprint density at radius 2 is 2.38 bits per heavy atom. The van der Waals surface area contributed by atoms with Crippen LogP contribution in [0.5, 0.6) is 0 Å². The molecular formula is C10H13NO2. The third-order valence-electron chi connectivity index (χ3n) is 2.64. The topological polar surface area (TPSA) is 42.2 Å². The molecular weight excluding hydrogens is 166 g/mol. The van der Waals surface area contributed by atoms with Crippen molar-refractivity contribution in [3.63, 3.8) is 0 Å². The van der Waals surface area contributed by atoms with Crippen LogP contribution in [0.1, 0.15) is 30.6 Å². The van der Waals surface area contributed by atoms with Gasteiger partial charge in [0.2, 0.25) is 5.91 Å². The highest BCUT2D eigenvalue weighted by molar-refractivity contribution is 5.80. The number of amides is 1. The van der Waals surface area contributed by atoms with Crippen molar-refractivity contribution >= 4 is 5.91 Å². The molecule has 1 N–H and O–H groups in total. The van der Waals surface area contributed by atoms with Gasteiger partial charge >= 0.3 is 0 Å². The molecule has 2 rings (SSSR count). The normalized spacial score (nSPS) is 27.7. The summed E-state index contributed by atoms with van der Waals surface area (Å²) in [4.78, 5) is 11.1. The van der Waals surface area contributed by atoms with E-state index in [1.807, 2.05) is 19.9 Å². The molecule has 1 saturated heterocycles. The average Bonchev–Trinajstić information content (AvgIpc) is 2.58. The number of rotatable bonds is 1. The first-order chi connectivity index (χ1) is 6.18. The van der Waals surface area contributed by atoms with E-state index in [1.54, 1.807) is 6.26 Å². The van der Waals surface area contributed by atoms with Crippen LogP contribution < -0.4 is 5.32 Å². The molecule has 1 aromatic rings. The maximum atomic E-state index is 11.1. The SMILES string of the molecule is Cc1ccoc1C1CC(=O)NC1C. The van der Waals surface area contributed by atoms with Gasteiger partial charge in [-0.3, -0.25) is 4.79 Å². The number of aryl methyl sites for hydroxylation is 1. The van der Waals surface area contributed by atoms with Gasteiger partial charge in [-0.15, -0.1) is 0 Å². The fourth-order valence-corrected chi connectivity index (χ4v) is 1.87. The minimum absolute atomic E-state index is 0.119. The van der Waals surface area contributed by atoms with E-state index in [-0.39, 0.29) is 17.9 Å². The van der Waals surface area contributed by atoms with Crippen LogP contribution in [-0.2, 0) is 4.79 Å². The third-order valence-corrected chi connectivity index (χ3v) is 2.64. The lowest BCUT2D eigenvalue weighted by Crippen LogP contribution is -2.24. The van der Waals surface area contributed by atoms with E-state index in [1.165, 1.54) is 0 Å². The first-order valence-corrected chi connectivity index (χ1v) is 4.52. The summed E-state index contributed by atoms with van der Waals surface area (Å²) < 4.78 is 5.37. The van der Waals surface area contributed by atoms with Crippen molar-refractivity contribution in [2.75, 3.05) is 0 Å². The van der Waals surface area contributed by atoms with E-state index in [9.17, 15) is 4.79 Å². The fraction of sp³-hybridized carbons (Fsp3) is 0.500. The van der Waals surface area contributed by atoms with Crippen LogP contribution in [-0.4, -0.2) is 11.9 Å². The second-order valence-electron chi connectivity index (χ2n) is 3.63. The van der Waals surface area contributed by atoms with Crippen molar-refractivity contribution in [2.24, 2.45) is 0 Å². The summed E-state index contributed by atoms with van der Waals surface area (Å²) in [5, 5.41) is 2.88. The molecule has 0 radical (unpaired) electrons. The molecule has 1 amide bonds. The zero-order valence-corrected chi connectivity index (χ0v) is 7.83. The fourth-order valence-electron chi connectivity index (χ4n) is 1.87. The molecule has 0 bridgehead atoms. The van der Waals surface area contributed by atoms with Gasteiger partial charge in [-0.25, -0.2) is 0 Å². The summed E-state index contributed by atoms with van der Waals surface area (Å²) in [6.07, 6.45) is 2.23. The molecule has 0 spiro atoms. The largest absolute Gasteiger partial charge is 0.469 e. The highest BCUT2D eigenvalue weighted by Gasteiger charge is 2.32. The van der Waals surface area contributed by atoms with E-state index < -0.39 is 0 Å². The molecule has 1 aliphatic heterocycles. The maximum absolute atomic E-state index is 11.1. The predicted molar refractivity (Wildman–Crippen MR) is 48.4 cm³/mol. The van der Waals surface area contributed by atoms with E-state index in [0.717, 1.165) is 11.3 Å². The number of carbonyl (C=O) groups excluding carboxylic acids is 1. The number of nitrogens with one attached hydrogen (secondary N) is 1. The van der Waals surface area contributed by atoms with Gasteiger partial charge in [0.05, 0.1) is 6.26 Å². The quantitative estimate of drug-likeness (QED) is 0.711. The minimum Gasteiger partial charge on any atom is -0.469 e. The Bertz CT molecular complexity index is 329. The molecule has 2 atom stereocenters. The lowest BCUT2D eigenvalue weighted by Gasteiger charge is -2.11. The van der Waals surface area contributed by atoms with Crippen LogP contribution in [0.15, 0.2) is 16.7 Å². The second-order valence-corrected chi connectivity index (χ2v) is 3.63. The van der Waals surface area contributed by atoms with Crippen molar-refractivity contribution < 1.29 is 9.21 Å². The average molecular weight is 179 g/mol. The Morgan fingerprint density at radius 1 is 1.62 bits per heavy atom. The summed E-state index contributed by atoms with van der Waals surface area (Å²) in [5.74, 6) is 1.28. The molecule has 2 heterocycles. The molecule has 1 aromatic heterocycles. The van der Waals surface area contributed by atoms with Crippen LogP contribution in [0.3, 0.4) is 0 Å². The predicted octanol–water partition coefficient (Wildman–Crippen LogP) is 1.58. The molecule has 0 saturated carbocycles. The van der Waals surface area contributed by atoms with Gasteiger partial charge in [0.1, 0.15) is 5.76 Å². The van der Waals surface area contributed by atoms with Gasteiger partial charge in [0.15, 0.2) is 0 Å². The van der Waals surface area contributed by atoms with Crippen molar-refractivity contribution in [1.29, 1.82) is 0 Å². The van der Waals surface area contributed by atoms with Gasteiger partial charge in [0, 0.05) is 18.4 Å². The molecule has 1 fully saturated rings. The van der Waals surface area contributed by atoms with Gasteiger partial charge in [-0.2, -0.15) is 0 Å². The summed E-state index contributed by atoms with van der Waals surface area (Å²) in [7, 11) is 0. The van der Waals surface area contributed by atoms with Crippen LogP contribution in [0.2, 0.25) is 0 Å². The summed E-state index contributed by atoms with van der Waals surface area (Å²) >= 11 is 0. The second kappa shape index (κ2) is 2.91. The van der Waals surface area contributed by atoms with Crippen LogP contribution >= 0.6 is 0 Å². The number of hydrogen-bond acceptors (Lipinski definition) is 2. The maximum Gasteiger partial charge on any atom is 0.221 e. The Labute approximate surface area is 77.1 Å². The van der Waals surface area contributed by atoms with Gasteiger partial charge in [0.25, 0.3) is 0 Å². The summed E-state index contributed by atoms with van der Waals surface area (Å²) in [6, 6.07) is 2.13. The molecule has 1 aliphatic rings. The lowest BCUT2D eigenvalue weighted by molar-refractivity contribution is -0.119. The van der Waals surface area contributed by atoms with Crippen LogP contribution in [0, 0.1) is 6.92 Å². The van der Waals surface area contributed by atoms with Crippen LogP contribution in [0.4, 0.5) is 0 Å². The highest BCUT2D eigenvalue weighted by Crippen LogP contribution is 2.30. The zero-order chi connectivity index (χ0) is 9.42. The monoisotopic (exact) mass is 179 g/mol. The van der Waals surface area contributed by atoms with Gasteiger partial charge in [-0.1, -0.05) is 0 Å². The van der Waals surface area contributed by atoms with Crippen molar-refractivity contribution in [2.45, 2.75) is 32.2 Å². The Hall–Kier alpha value is -1.25. The lowest BCUT2D eigenvalue weighted by atomic mass is 9.96. The summed E-state index contributed by atoms with van der Waals surface area (Å²) in [6.45, 7) is 4.02. The van der Waals surface area contributed by atoms with E-state index in [0.29, 0.717) is 6.42 Å². The van der Waals surface area contributed by atoms with Crippen LogP contribution in [0.25, 0.3) is 0 Å². The number of carbonyl (C=O) groups is 1. The van der Waals surface area contributed by atoms with E-state index >= 15 is 0 Å². The molecule has 2 unspecified atom stereocenters. The first-order valence-electron chi connectivity index (χ1n) is 4.52. The number of hydrogen-bond donors (Lipinski definition) is 1. The smallest absolute Gasteiger partial charge is 0.221 e. The van der Waals surface area contributed by atoms with Gasteiger partial charge < -0.3 is 9.73 Å². The molecule has 3 heteroatoms. The minimum atomic E-state index is 0.119. The number of furan rings is 1. The summed E-state index contributed by atoms with van der Waals surface area (Å²) in [5.41, 5.74) is 1.13. The Balaban J connectivity index is 2.27. The standard InChI is InChI=1S/C10H13NO2/c1-6-3-4-13-10(6)8-5-9(12)11-7(8)2/h3-4,7-8H,5H2,1-2H3,(H,11,12). The molecule has 0 aliphatic carbocycles. The zero-order valence-electron chi connectivity index (χ0n) is 7.83. The van der Waals surface area contributed by atoms with E-state index in [2.05, 4.69) is 5.32 Å². The van der Waals surface area contributed by atoms with Crippen molar-refractivity contribution in [3.05, 3.63) is 23.7 Å². The van der Waals surface area contributed by atoms with E-state index in [4.69, 9.17) is 4.42 Å². The molecule has 3 nitrogen and oxygen atoms in total. The molecule has 70 valence electrons. The van der Waals surface area contributed by atoms with Crippen molar-refractivity contribution in [3.8, 4) is 0 Å². The Kier molecular flexibility index (Phi) is 1.87. The van der Waals surface area contributed by atoms with Crippen molar-refractivity contribution in [1.82, 2.24) is 5.32 Å². The first kappa shape index (κ1) is 8.35.